The molecule has 5 aromatic rings. The normalized spacial score (nSPS) is 11.3. The van der Waals surface area contributed by atoms with Crippen molar-refractivity contribution in [2.45, 2.75) is 31.6 Å². The molecule has 0 aliphatic carbocycles. The largest absolute Gasteiger partial charge is 0.397 e. The van der Waals surface area contributed by atoms with Crippen molar-refractivity contribution in [3.8, 4) is 11.3 Å². The lowest BCUT2D eigenvalue weighted by Crippen LogP contribution is -2.27. The molecule has 0 saturated heterocycles. The predicted molar refractivity (Wildman–Crippen MR) is 154 cm³/mol. The Morgan fingerprint density at radius 2 is 1.90 bits per heavy atom. The number of anilines is 2. The summed E-state index contributed by atoms with van der Waals surface area (Å²) in [5.74, 6) is 5.81. The summed E-state index contributed by atoms with van der Waals surface area (Å²) in [6, 6.07) is 16.3. The van der Waals surface area contributed by atoms with Crippen LogP contribution in [0.3, 0.4) is 0 Å². The summed E-state index contributed by atoms with van der Waals surface area (Å²) < 4.78 is 18.2. The first-order valence-electron chi connectivity index (χ1n) is 12.4. The summed E-state index contributed by atoms with van der Waals surface area (Å²) in [5, 5.41) is 2.01. The van der Waals surface area contributed by atoms with Gasteiger partial charge in [0.25, 0.3) is 5.56 Å². The van der Waals surface area contributed by atoms with Crippen molar-refractivity contribution in [1.29, 1.82) is 0 Å². The van der Waals surface area contributed by atoms with Gasteiger partial charge in [-0.3, -0.25) is 4.79 Å². The Balaban J connectivity index is 1.33. The molecule has 0 aliphatic heterocycles. The van der Waals surface area contributed by atoms with E-state index in [0.717, 1.165) is 41.0 Å². The van der Waals surface area contributed by atoms with Crippen molar-refractivity contribution in [2.75, 3.05) is 23.5 Å². The first-order chi connectivity index (χ1) is 18.8. The number of halogens is 1. The Hall–Kier alpha value is -4.22. The molecule has 0 amide bonds. The Kier molecular flexibility index (Phi) is 7.62. The summed E-state index contributed by atoms with van der Waals surface area (Å²) in [6.07, 6.45) is 4.38. The van der Waals surface area contributed by atoms with Gasteiger partial charge in [-0.15, -0.1) is 0 Å². The van der Waals surface area contributed by atoms with E-state index in [4.69, 9.17) is 11.6 Å². The molecule has 0 fully saturated rings. The van der Waals surface area contributed by atoms with Crippen LogP contribution in [0.2, 0.25) is 0 Å². The van der Waals surface area contributed by atoms with Gasteiger partial charge in [-0.1, -0.05) is 30.0 Å². The van der Waals surface area contributed by atoms with Crippen molar-refractivity contribution in [1.82, 2.24) is 24.1 Å². The number of aromatic nitrogens is 5. The smallest absolute Gasteiger partial charge is 0.286 e. The molecule has 2 aromatic carbocycles. The van der Waals surface area contributed by atoms with Crippen LogP contribution in [0.15, 0.2) is 77.1 Å². The molecule has 0 aliphatic rings. The van der Waals surface area contributed by atoms with Crippen molar-refractivity contribution in [2.24, 2.45) is 5.84 Å². The summed E-state index contributed by atoms with van der Waals surface area (Å²) in [4.78, 5) is 26.3. The number of benzene rings is 2. The minimum Gasteiger partial charge on any atom is -0.397 e. The predicted octanol–water partition coefficient (Wildman–Crippen LogP) is 4.23. The molecule has 3 heterocycles. The Morgan fingerprint density at radius 3 is 2.72 bits per heavy atom. The van der Waals surface area contributed by atoms with E-state index in [0.29, 0.717) is 27.8 Å². The highest BCUT2D eigenvalue weighted by Crippen LogP contribution is 2.25. The van der Waals surface area contributed by atoms with E-state index in [-0.39, 0.29) is 6.54 Å². The maximum absolute atomic E-state index is 14.8. The van der Waals surface area contributed by atoms with Crippen LogP contribution in [0.4, 0.5) is 15.8 Å². The molecule has 11 heteroatoms. The number of hydrogen-bond acceptors (Lipinski definition) is 8. The quantitative estimate of drug-likeness (QED) is 0.0707. The van der Waals surface area contributed by atoms with Gasteiger partial charge in [-0.2, -0.15) is 0 Å². The first-order valence-corrected chi connectivity index (χ1v) is 13.4. The second-order valence-corrected chi connectivity index (χ2v) is 10.4. The van der Waals surface area contributed by atoms with Crippen LogP contribution in [0.5, 0.6) is 0 Å². The third-order valence-electron chi connectivity index (χ3n) is 6.30. The van der Waals surface area contributed by atoms with Crippen LogP contribution >= 0.6 is 11.8 Å². The minimum absolute atomic E-state index is 0.152. The molecule has 200 valence electrons. The van der Waals surface area contributed by atoms with E-state index in [1.807, 2.05) is 31.5 Å². The van der Waals surface area contributed by atoms with E-state index in [1.54, 1.807) is 49.3 Å². The van der Waals surface area contributed by atoms with Gasteiger partial charge in [0.05, 0.1) is 41.0 Å². The number of pyridine rings is 1. The number of fused-ring (bicyclic) bond motifs is 1. The highest BCUT2D eigenvalue weighted by Gasteiger charge is 2.13. The lowest BCUT2D eigenvalue weighted by Gasteiger charge is -2.17. The average Bonchev–Trinajstić information content (AvgIpc) is 3.33. The third kappa shape index (κ3) is 5.94. The summed E-state index contributed by atoms with van der Waals surface area (Å²) in [5.41, 5.74) is 11.1. The van der Waals surface area contributed by atoms with Crippen molar-refractivity contribution in [3.05, 3.63) is 94.5 Å². The van der Waals surface area contributed by atoms with E-state index in [2.05, 4.69) is 25.6 Å². The fraction of sp³-hybridized carbons (Fsp3) is 0.214. The number of thioether (sulfide) groups is 1. The standard InChI is InChI=1S/C28H29FN8OS/c1-18-12-24(34-28(33-18)39-11-5-10-36-17-32-23-6-3-4-7-25(23)36)20-14-21(29)27(38)37(16-20)15-19-8-9-22(30)26(13-19)35(2)31/h3-4,6-9,12-14,16-17H,5,10-11,15,30-31H2,1-2H3. The van der Waals surface area contributed by atoms with Crippen LogP contribution in [0.1, 0.15) is 17.7 Å². The van der Waals surface area contributed by atoms with Gasteiger partial charge in [0.15, 0.2) is 11.0 Å². The fourth-order valence-corrected chi connectivity index (χ4v) is 5.21. The molecule has 5 rings (SSSR count). The Labute approximate surface area is 229 Å². The van der Waals surface area contributed by atoms with E-state index >= 15 is 0 Å². The van der Waals surface area contributed by atoms with Gasteiger partial charge in [0, 0.05) is 36.8 Å². The molecule has 9 nitrogen and oxygen atoms in total. The molecule has 0 unspecified atom stereocenters. The maximum Gasteiger partial charge on any atom is 0.286 e. The first kappa shape index (κ1) is 26.4. The van der Waals surface area contributed by atoms with Crippen molar-refractivity contribution >= 4 is 34.2 Å². The minimum atomic E-state index is -0.850. The van der Waals surface area contributed by atoms with Gasteiger partial charge in [-0.25, -0.2) is 25.2 Å². The molecule has 0 atom stereocenters. The maximum atomic E-state index is 14.8. The second-order valence-electron chi connectivity index (χ2n) is 9.32. The van der Waals surface area contributed by atoms with Crippen LogP contribution < -0.4 is 22.1 Å². The van der Waals surface area contributed by atoms with Crippen LogP contribution in [0, 0.1) is 12.7 Å². The molecule has 0 saturated carbocycles. The average molecular weight is 545 g/mol. The number of nitrogens with zero attached hydrogens (tertiary/aromatic N) is 6. The number of nitrogens with two attached hydrogens (primary N) is 2. The van der Waals surface area contributed by atoms with Gasteiger partial charge < -0.3 is 19.9 Å². The number of nitrogen functional groups attached to an aromatic ring is 1. The Morgan fingerprint density at radius 1 is 1.08 bits per heavy atom. The molecule has 0 radical (unpaired) electrons. The molecule has 39 heavy (non-hydrogen) atoms. The van der Waals surface area contributed by atoms with Gasteiger partial charge in [0.2, 0.25) is 0 Å². The van der Waals surface area contributed by atoms with Gasteiger partial charge in [0.1, 0.15) is 0 Å². The molecule has 3 aromatic heterocycles. The zero-order valence-electron chi connectivity index (χ0n) is 21.7. The van der Waals surface area contributed by atoms with Crippen molar-refractivity contribution < 1.29 is 4.39 Å². The molecule has 0 bridgehead atoms. The lowest BCUT2D eigenvalue weighted by molar-refractivity contribution is 0.581. The van der Waals surface area contributed by atoms with E-state index < -0.39 is 11.4 Å². The zero-order chi connectivity index (χ0) is 27.5. The highest BCUT2D eigenvalue weighted by molar-refractivity contribution is 7.99. The molecular weight excluding hydrogens is 515 g/mol. The number of rotatable bonds is 9. The van der Waals surface area contributed by atoms with Crippen LogP contribution in [-0.2, 0) is 13.1 Å². The molecule has 4 N–H and O–H groups in total. The summed E-state index contributed by atoms with van der Waals surface area (Å²) >= 11 is 1.54. The van der Waals surface area contributed by atoms with E-state index in [1.165, 1.54) is 15.6 Å². The number of hydrogen-bond donors (Lipinski definition) is 2. The highest BCUT2D eigenvalue weighted by atomic mass is 32.2. The number of hydrazine groups is 1. The fourth-order valence-electron chi connectivity index (χ4n) is 4.39. The van der Waals surface area contributed by atoms with Gasteiger partial charge >= 0.3 is 0 Å². The molecular formula is C28H29FN8OS. The topological polar surface area (TPSA) is 121 Å². The van der Waals surface area contributed by atoms with Gasteiger partial charge in [-0.05, 0) is 55.3 Å². The number of para-hydroxylation sites is 2. The SMILES string of the molecule is Cc1cc(-c2cc(F)c(=O)n(Cc3ccc(N)c(N(C)N)c3)c2)nc(SCCCn2cnc3ccccc32)n1. The lowest BCUT2D eigenvalue weighted by atomic mass is 10.1. The van der Waals surface area contributed by atoms with Crippen molar-refractivity contribution in [3.63, 3.8) is 0 Å². The third-order valence-corrected chi connectivity index (χ3v) is 7.23. The second kappa shape index (κ2) is 11.3. The van der Waals surface area contributed by atoms with Crippen LogP contribution in [0.25, 0.3) is 22.3 Å². The number of imidazole rings is 1. The summed E-state index contributed by atoms with van der Waals surface area (Å²) in [6.45, 7) is 2.85. The van der Waals surface area contributed by atoms with Crippen LogP contribution in [-0.4, -0.2) is 36.9 Å². The van der Waals surface area contributed by atoms with E-state index in [9.17, 15) is 9.18 Å². The zero-order valence-corrected chi connectivity index (χ0v) is 22.5. The Bertz CT molecular complexity index is 1700. The summed E-state index contributed by atoms with van der Waals surface area (Å²) in [7, 11) is 1.68. The number of aryl methyl sites for hydroxylation is 2. The monoisotopic (exact) mass is 544 g/mol. The molecule has 0 spiro atoms.